The minimum atomic E-state index is -5.05. The van der Waals surface area contributed by atoms with Crippen LogP contribution in [0.1, 0.15) is 88.1 Å². The number of rotatable bonds is 7. The molecule has 1 saturated carbocycles. The van der Waals surface area contributed by atoms with Gasteiger partial charge in [-0.25, -0.2) is 9.37 Å². The summed E-state index contributed by atoms with van der Waals surface area (Å²) in [5, 5.41) is 2.08. The number of hydrogen-bond acceptors (Lipinski definition) is 4. The van der Waals surface area contributed by atoms with Gasteiger partial charge < -0.3 is 14.8 Å². The van der Waals surface area contributed by atoms with Gasteiger partial charge in [0.1, 0.15) is 17.2 Å². The number of likely N-dealkylation sites (tertiary alicyclic amines) is 1. The standard InChI is InChI=1S/C36H43F4N5O2/c1-24-41-30-9-2-3-10-31(30)45(24)29-22-27-11-12-28(23-29)44(27)20-17-34(25-7-6-8-26(37)21-25)15-18-43(19-16-34)33(47)35(13-4-5-14-35)42-32(46)36(38,39)40/h2-3,6-10,21,27-29H,4-5,11-20,22-23H2,1H3,(H,42,46). The van der Waals surface area contributed by atoms with E-state index in [2.05, 4.69) is 39.9 Å². The molecular weight excluding hydrogens is 610 g/mol. The lowest BCUT2D eigenvalue weighted by Gasteiger charge is -2.47. The zero-order chi connectivity index (χ0) is 33.0. The van der Waals surface area contributed by atoms with E-state index < -0.39 is 23.5 Å². The van der Waals surface area contributed by atoms with E-state index in [1.807, 2.05) is 12.1 Å². The van der Waals surface area contributed by atoms with E-state index >= 15 is 0 Å². The molecule has 0 radical (unpaired) electrons. The summed E-state index contributed by atoms with van der Waals surface area (Å²) < 4.78 is 56.6. The molecule has 4 fully saturated rings. The lowest BCUT2D eigenvalue weighted by molar-refractivity contribution is -0.177. The fraction of sp³-hybridized carbons (Fsp3) is 0.583. The molecule has 1 aliphatic carbocycles. The molecular formula is C36H43F4N5O2. The number of carbonyl (C=O) groups is 2. The van der Waals surface area contributed by atoms with Gasteiger partial charge >= 0.3 is 12.1 Å². The molecule has 2 bridgehead atoms. The summed E-state index contributed by atoms with van der Waals surface area (Å²) in [5.74, 6) is -1.74. The molecule has 1 aromatic heterocycles. The van der Waals surface area contributed by atoms with Gasteiger partial charge in [-0.3, -0.25) is 14.5 Å². The summed E-state index contributed by atoms with van der Waals surface area (Å²) in [6.45, 7) is 3.65. The smallest absolute Gasteiger partial charge is 0.341 e. The number of fused-ring (bicyclic) bond motifs is 3. The van der Waals surface area contributed by atoms with Gasteiger partial charge in [-0.1, -0.05) is 37.1 Å². The lowest BCUT2D eigenvalue weighted by Crippen LogP contribution is -2.62. The minimum absolute atomic E-state index is 0.201. The highest BCUT2D eigenvalue weighted by Crippen LogP contribution is 2.46. The average Bonchev–Trinajstić information content (AvgIpc) is 3.72. The lowest BCUT2D eigenvalue weighted by atomic mass is 9.70. The minimum Gasteiger partial charge on any atom is -0.341 e. The van der Waals surface area contributed by atoms with Gasteiger partial charge in [0.25, 0.3) is 0 Å². The number of para-hydroxylation sites is 2. The molecule has 1 N–H and O–H groups in total. The Labute approximate surface area is 272 Å². The number of nitrogens with zero attached hydrogens (tertiary/aromatic N) is 4. The van der Waals surface area contributed by atoms with Crippen LogP contribution in [0.3, 0.4) is 0 Å². The normalized spacial score (nSPS) is 25.7. The van der Waals surface area contributed by atoms with Gasteiger partial charge in [-0.05, 0) is 106 Å². The molecule has 2 aromatic carbocycles. The number of amides is 2. The highest BCUT2D eigenvalue weighted by atomic mass is 19.4. The summed E-state index contributed by atoms with van der Waals surface area (Å²) in [4.78, 5) is 34.8. The Kier molecular flexibility index (Phi) is 8.33. The maximum atomic E-state index is 14.6. The van der Waals surface area contributed by atoms with Crippen LogP contribution in [0.25, 0.3) is 11.0 Å². The van der Waals surface area contributed by atoms with Crippen LogP contribution in [0.2, 0.25) is 0 Å². The van der Waals surface area contributed by atoms with Crippen molar-refractivity contribution in [3.05, 3.63) is 65.7 Å². The van der Waals surface area contributed by atoms with Gasteiger partial charge in [0, 0.05) is 31.2 Å². The number of carbonyl (C=O) groups excluding carboxylic acids is 2. The molecule has 3 saturated heterocycles. The zero-order valence-electron chi connectivity index (χ0n) is 26.9. The van der Waals surface area contributed by atoms with Crippen LogP contribution in [0, 0.1) is 12.7 Å². The van der Waals surface area contributed by atoms with Gasteiger partial charge in [0.05, 0.1) is 11.0 Å². The second kappa shape index (κ2) is 12.2. The predicted molar refractivity (Wildman–Crippen MR) is 170 cm³/mol. The SMILES string of the molecule is Cc1nc2ccccc2n1C1CC2CCC(C1)N2CCC1(c2cccc(F)c2)CCN(C(=O)C2(NC(=O)C(F)(F)F)CCCC2)CC1. The van der Waals surface area contributed by atoms with Gasteiger partial charge in [0.2, 0.25) is 5.91 Å². The quantitative estimate of drug-likeness (QED) is 0.292. The average molecular weight is 654 g/mol. The van der Waals surface area contributed by atoms with E-state index in [4.69, 9.17) is 4.98 Å². The number of imidazole rings is 1. The van der Waals surface area contributed by atoms with Crippen molar-refractivity contribution in [1.82, 2.24) is 24.7 Å². The second-order valence-electron chi connectivity index (χ2n) is 14.3. The maximum Gasteiger partial charge on any atom is 0.471 e. The maximum absolute atomic E-state index is 14.6. The van der Waals surface area contributed by atoms with Crippen molar-refractivity contribution in [3.8, 4) is 0 Å². The first-order valence-electron chi connectivity index (χ1n) is 17.1. The highest BCUT2D eigenvalue weighted by Gasteiger charge is 2.51. The van der Waals surface area contributed by atoms with Crippen LogP contribution in [-0.4, -0.2) is 74.6 Å². The molecule has 2 atom stereocenters. The number of hydrogen-bond donors (Lipinski definition) is 1. The number of nitrogens with one attached hydrogen (secondary N) is 1. The molecule has 3 aromatic rings. The Bertz CT molecular complexity index is 1630. The molecule has 11 heteroatoms. The number of aromatic nitrogens is 2. The van der Waals surface area contributed by atoms with E-state index in [1.54, 1.807) is 17.0 Å². The fourth-order valence-corrected chi connectivity index (χ4v) is 9.39. The van der Waals surface area contributed by atoms with Crippen LogP contribution in [0.5, 0.6) is 0 Å². The van der Waals surface area contributed by atoms with Crippen molar-refractivity contribution >= 4 is 22.8 Å². The second-order valence-corrected chi connectivity index (χ2v) is 14.3. The Morgan fingerprint density at radius 3 is 2.28 bits per heavy atom. The largest absolute Gasteiger partial charge is 0.471 e. The van der Waals surface area contributed by atoms with Crippen molar-refractivity contribution in [3.63, 3.8) is 0 Å². The molecule has 2 unspecified atom stereocenters. The number of aryl methyl sites for hydroxylation is 1. The summed E-state index contributed by atoms with van der Waals surface area (Å²) in [5.41, 5.74) is 1.24. The van der Waals surface area contributed by atoms with Crippen molar-refractivity contribution in [2.75, 3.05) is 19.6 Å². The fourth-order valence-electron chi connectivity index (χ4n) is 9.39. The van der Waals surface area contributed by atoms with Crippen molar-refractivity contribution < 1.29 is 27.2 Å². The van der Waals surface area contributed by atoms with E-state index in [0.717, 1.165) is 55.6 Å². The van der Waals surface area contributed by atoms with Gasteiger partial charge in [-0.2, -0.15) is 13.2 Å². The van der Waals surface area contributed by atoms with E-state index in [1.165, 1.54) is 11.6 Å². The van der Waals surface area contributed by atoms with Crippen LogP contribution in [-0.2, 0) is 15.0 Å². The van der Waals surface area contributed by atoms with E-state index in [-0.39, 0.29) is 24.1 Å². The summed E-state index contributed by atoms with van der Waals surface area (Å²) >= 11 is 0. The first-order chi connectivity index (χ1) is 22.5. The molecule has 4 aliphatic rings. The molecule has 7 rings (SSSR count). The topological polar surface area (TPSA) is 70.5 Å². The number of benzene rings is 2. The third-order valence-electron chi connectivity index (χ3n) is 11.8. The summed E-state index contributed by atoms with van der Waals surface area (Å²) in [6.07, 6.45) is 2.89. The van der Waals surface area contributed by atoms with Crippen molar-refractivity contribution in [2.24, 2.45) is 0 Å². The first kappa shape index (κ1) is 32.1. The van der Waals surface area contributed by atoms with Crippen LogP contribution in [0.15, 0.2) is 48.5 Å². The van der Waals surface area contributed by atoms with Gasteiger partial charge in [0.15, 0.2) is 0 Å². The first-order valence-corrected chi connectivity index (χ1v) is 17.1. The van der Waals surface area contributed by atoms with E-state index in [9.17, 15) is 27.2 Å². The summed E-state index contributed by atoms with van der Waals surface area (Å²) in [7, 11) is 0. The number of alkyl halides is 3. The Morgan fingerprint density at radius 1 is 0.936 bits per heavy atom. The molecule has 47 heavy (non-hydrogen) atoms. The number of halogens is 4. The highest BCUT2D eigenvalue weighted by molar-refractivity contribution is 5.93. The van der Waals surface area contributed by atoms with Crippen LogP contribution in [0.4, 0.5) is 17.6 Å². The molecule has 0 spiro atoms. The molecule has 2 amide bonds. The van der Waals surface area contributed by atoms with Crippen LogP contribution >= 0.6 is 0 Å². The summed E-state index contributed by atoms with van der Waals surface area (Å²) in [6, 6.07) is 16.4. The van der Waals surface area contributed by atoms with Crippen LogP contribution < -0.4 is 5.32 Å². The van der Waals surface area contributed by atoms with Crippen molar-refractivity contribution in [1.29, 1.82) is 0 Å². The third-order valence-corrected chi connectivity index (χ3v) is 11.8. The van der Waals surface area contributed by atoms with Gasteiger partial charge in [-0.15, -0.1) is 0 Å². The number of piperidine rings is 2. The third kappa shape index (κ3) is 5.93. The molecule has 3 aliphatic heterocycles. The Hall–Kier alpha value is -3.47. The molecule has 252 valence electrons. The zero-order valence-corrected chi connectivity index (χ0v) is 26.9. The van der Waals surface area contributed by atoms with E-state index in [0.29, 0.717) is 56.9 Å². The molecule has 4 heterocycles. The Balaban J connectivity index is 1.07. The molecule has 7 nitrogen and oxygen atoms in total. The van der Waals surface area contributed by atoms with Crippen molar-refractivity contribution in [2.45, 2.75) is 113 Å². The predicted octanol–water partition coefficient (Wildman–Crippen LogP) is 6.59. The monoisotopic (exact) mass is 653 g/mol. The Morgan fingerprint density at radius 2 is 1.62 bits per heavy atom.